The third-order valence-corrected chi connectivity index (χ3v) is 4.03. The zero-order chi connectivity index (χ0) is 14.2. The zero-order valence-corrected chi connectivity index (χ0v) is 12.7. The first-order chi connectivity index (χ1) is 9.85. The van der Waals surface area contributed by atoms with Gasteiger partial charge >= 0.3 is 0 Å². The monoisotopic (exact) mass is 281 g/mol. The lowest BCUT2D eigenvalue weighted by Crippen LogP contribution is -2.34. The van der Waals surface area contributed by atoms with E-state index in [-0.39, 0.29) is 0 Å². The van der Waals surface area contributed by atoms with Crippen LogP contribution in [-0.4, -0.2) is 36.4 Å². The van der Waals surface area contributed by atoms with Crippen LogP contribution in [0.25, 0.3) is 0 Å². The first-order valence-corrected chi connectivity index (χ1v) is 7.90. The lowest BCUT2D eigenvalue weighted by Gasteiger charge is -2.22. The van der Waals surface area contributed by atoms with E-state index in [0.717, 1.165) is 44.1 Å². The molecule has 0 aliphatic heterocycles. The molecule has 0 saturated heterocycles. The number of nitrogens with one attached hydrogen (secondary N) is 1. The summed E-state index contributed by atoms with van der Waals surface area (Å²) >= 11 is 0. The molecule has 2 rings (SSSR count). The Kier molecular flexibility index (Phi) is 6.47. The molecule has 1 aromatic heterocycles. The second-order valence-electron chi connectivity index (χ2n) is 5.55. The van der Waals surface area contributed by atoms with Crippen molar-refractivity contribution < 1.29 is 9.26 Å². The Hall–Kier alpha value is -0.940. The van der Waals surface area contributed by atoms with Gasteiger partial charge in [-0.3, -0.25) is 0 Å². The summed E-state index contributed by atoms with van der Waals surface area (Å²) in [6.45, 7) is 3.90. The number of rotatable bonds is 7. The standard InChI is InChI=1S/C15H27N3O2/c1-3-16-13-9-6-4-5-8-12(13)15-17-14(18-20-15)10-7-11-19-2/h12-13,16H,3-11H2,1-2H3. The number of hydrogen-bond acceptors (Lipinski definition) is 5. The highest BCUT2D eigenvalue weighted by molar-refractivity contribution is 5.00. The van der Waals surface area contributed by atoms with Crippen molar-refractivity contribution in [1.29, 1.82) is 0 Å². The van der Waals surface area contributed by atoms with Crippen LogP contribution in [0.2, 0.25) is 0 Å². The summed E-state index contributed by atoms with van der Waals surface area (Å²) in [6.07, 6.45) is 7.99. The Balaban J connectivity index is 1.99. The summed E-state index contributed by atoms with van der Waals surface area (Å²) in [4.78, 5) is 4.61. The summed E-state index contributed by atoms with van der Waals surface area (Å²) < 4.78 is 10.6. The predicted molar refractivity (Wildman–Crippen MR) is 77.8 cm³/mol. The smallest absolute Gasteiger partial charge is 0.231 e. The minimum atomic E-state index is 0.376. The van der Waals surface area contributed by atoms with E-state index >= 15 is 0 Å². The Bertz CT molecular complexity index is 381. The van der Waals surface area contributed by atoms with Crippen molar-refractivity contribution in [2.24, 2.45) is 0 Å². The summed E-state index contributed by atoms with van der Waals surface area (Å²) in [5.41, 5.74) is 0. The Labute approximate surface area is 121 Å². The fourth-order valence-electron chi connectivity index (χ4n) is 3.00. The second-order valence-corrected chi connectivity index (χ2v) is 5.55. The molecule has 5 heteroatoms. The summed E-state index contributed by atoms with van der Waals surface area (Å²) in [5.74, 6) is 2.02. The first kappa shape index (κ1) is 15.4. The summed E-state index contributed by atoms with van der Waals surface area (Å²) in [5, 5.41) is 7.71. The topological polar surface area (TPSA) is 60.2 Å². The summed E-state index contributed by atoms with van der Waals surface area (Å²) in [6, 6.07) is 0.481. The van der Waals surface area contributed by atoms with Crippen molar-refractivity contribution in [1.82, 2.24) is 15.5 Å². The van der Waals surface area contributed by atoms with Crippen molar-refractivity contribution >= 4 is 0 Å². The number of methoxy groups -OCH3 is 1. The minimum absolute atomic E-state index is 0.376. The van der Waals surface area contributed by atoms with Gasteiger partial charge in [-0.25, -0.2) is 0 Å². The third-order valence-electron chi connectivity index (χ3n) is 4.03. The van der Waals surface area contributed by atoms with Crippen molar-refractivity contribution in [3.05, 3.63) is 11.7 Å². The molecule has 0 spiro atoms. The quantitative estimate of drug-likeness (QED) is 0.615. The highest BCUT2D eigenvalue weighted by atomic mass is 16.5. The van der Waals surface area contributed by atoms with Gasteiger partial charge in [-0.1, -0.05) is 31.3 Å². The Morgan fingerprint density at radius 3 is 2.95 bits per heavy atom. The van der Waals surface area contributed by atoms with E-state index < -0.39 is 0 Å². The molecule has 1 saturated carbocycles. The lowest BCUT2D eigenvalue weighted by molar-refractivity contribution is 0.194. The fourth-order valence-corrected chi connectivity index (χ4v) is 3.00. The van der Waals surface area contributed by atoms with Gasteiger partial charge in [0.25, 0.3) is 0 Å². The molecule has 0 aromatic carbocycles. The van der Waals surface area contributed by atoms with Crippen molar-refractivity contribution in [3.63, 3.8) is 0 Å². The molecule has 1 aliphatic rings. The maximum atomic E-state index is 5.53. The molecule has 1 heterocycles. The SMILES string of the molecule is CCNC1CCCCCC1c1nc(CCCOC)no1. The molecule has 1 aromatic rings. The zero-order valence-electron chi connectivity index (χ0n) is 12.7. The number of nitrogens with zero attached hydrogens (tertiary/aromatic N) is 2. The lowest BCUT2D eigenvalue weighted by atomic mass is 9.94. The van der Waals surface area contributed by atoms with Gasteiger partial charge < -0.3 is 14.6 Å². The van der Waals surface area contributed by atoms with Crippen LogP contribution in [0.4, 0.5) is 0 Å². The third kappa shape index (κ3) is 4.28. The molecule has 2 unspecified atom stereocenters. The van der Waals surface area contributed by atoms with Crippen molar-refractivity contribution in [2.75, 3.05) is 20.3 Å². The number of aryl methyl sites for hydroxylation is 1. The van der Waals surface area contributed by atoms with Crippen LogP contribution >= 0.6 is 0 Å². The number of likely N-dealkylation sites (N-methyl/N-ethyl adjacent to an activating group) is 1. The van der Waals surface area contributed by atoms with E-state index in [1.165, 1.54) is 25.7 Å². The molecule has 1 fully saturated rings. The fraction of sp³-hybridized carbons (Fsp3) is 0.867. The van der Waals surface area contributed by atoms with Crippen LogP contribution in [0, 0.1) is 0 Å². The van der Waals surface area contributed by atoms with E-state index in [9.17, 15) is 0 Å². The molecular formula is C15H27N3O2. The van der Waals surface area contributed by atoms with E-state index in [0.29, 0.717) is 12.0 Å². The molecule has 0 amide bonds. The maximum Gasteiger partial charge on any atom is 0.231 e. The first-order valence-electron chi connectivity index (χ1n) is 7.90. The van der Waals surface area contributed by atoms with Gasteiger partial charge in [-0.15, -0.1) is 0 Å². The molecule has 5 nitrogen and oxygen atoms in total. The van der Waals surface area contributed by atoms with Gasteiger partial charge in [-0.05, 0) is 25.8 Å². The second kappa shape index (κ2) is 8.37. The van der Waals surface area contributed by atoms with Gasteiger partial charge in [0.15, 0.2) is 5.82 Å². The highest BCUT2D eigenvalue weighted by Gasteiger charge is 2.29. The van der Waals surface area contributed by atoms with E-state index in [1.54, 1.807) is 7.11 Å². The molecule has 0 bridgehead atoms. The van der Waals surface area contributed by atoms with E-state index in [4.69, 9.17) is 9.26 Å². The predicted octanol–water partition coefficient (Wildman–Crippen LogP) is 2.67. The molecule has 1 aliphatic carbocycles. The molecule has 0 radical (unpaired) electrons. The number of aromatic nitrogens is 2. The van der Waals surface area contributed by atoms with E-state index in [2.05, 4.69) is 22.4 Å². The maximum absolute atomic E-state index is 5.53. The molecule has 1 N–H and O–H groups in total. The summed E-state index contributed by atoms with van der Waals surface area (Å²) in [7, 11) is 1.72. The molecule has 2 atom stereocenters. The van der Waals surface area contributed by atoms with Gasteiger partial charge in [0.05, 0.1) is 5.92 Å². The normalized spacial score (nSPS) is 23.7. The van der Waals surface area contributed by atoms with Crippen LogP contribution in [0.3, 0.4) is 0 Å². The van der Waals surface area contributed by atoms with Crippen molar-refractivity contribution in [2.45, 2.75) is 63.8 Å². The van der Waals surface area contributed by atoms with Crippen LogP contribution in [0.5, 0.6) is 0 Å². The average Bonchev–Trinajstić information content (AvgIpc) is 2.79. The van der Waals surface area contributed by atoms with Gasteiger partial charge in [-0.2, -0.15) is 4.98 Å². The van der Waals surface area contributed by atoms with Crippen molar-refractivity contribution in [3.8, 4) is 0 Å². The van der Waals surface area contributed by atoms with Gasteiger partial charge in [0.2, 0.25) is 5.89 Å². The Morgan fingerprint density at radius 1 is 1.30 bits per heavy atom. The van der Waals surface area contributed by atoms with Gasteiger partial charge in [0, 0.05) is 26.2 Å². The average molecular weight is 281 g/mol. The molecule has 114 valence electrons. The highest BCUT2D eigenvalue weighted by Crippen LogP contribution is 2.31. The number of ether oxygens (including phenoxy) is 1. The van der Waals surface area contributed by atoms with Crippen LogP contribution in [-0.2, 0) is 11.2 Å². The largest absolute Gasteiger partial charge is 0.385 e. The minimum Gasteiger partial charge on any atom is -0.385 e. The van der Waals surface area contributed by atoms with Gasteiger partial charge in [0.1, 0.15) is 0 Å². The van der Waals surface area contributed by atoms with E-state index in [1.807, 2.05) is 0 Å². The van der Waals surface area contributed by atoms with Crippen LogP contribution in [0.15, 0.2) is 4.52 Å². The number of hydrogen-bond donors (Lipinski definition) is 1. The Morgan fingerprint density at radius 2 is 2.15 bits per heavy atom. The molecular weight excluding hydrogens is 254 g/mol. The van der Waals surface area contributed by atoms with Crippen LogP contribution in [0.1, 0.15) is 63.1 Å². The molecule has 20 heavy (non-hydrogen) atoms. The van der Waals surface area contributed by atoms with Crippen LogP contribution < -0.4 is 5.32 Å².